The summed E-state index contributed by atoms with van der Waals surface area (Å²) < 4.78 is 0. The van der Waals surface area contributed by atoms with Crippen molar-refractivity contribution in [3.63, 3.8) is 0 Å². The van der Waals surface area contributed by atoms with Crippen molar-refractivity contribution in [2.45, 2.75) is 5.41 Å². The summed E-state index contributed by atoms with van der Waals surface area (Å²) in [5, 5.41) is 10.9. The third-order valence-electron chi connectivity index (χ3n) is 18.2. The number of benzene rings is 14. The van der Waals surface area contributed by atoms with Gasteiger partial charge in [0, 0.05) is 39.8 Å². The molecule has 14 aromatic rings. The van der Waals surface area contributed by atoms with Gasteiger partial charge in [0.15, 0.2) is 5.69 Å². The van der Waals surface area contributed by atoms with Gasteiger partial charge in [0.2, 0.25) is 0 Å². The van der Waals surface area contributed by atoms with Crippen molar-refractivity contribution in [1.29, 1.82) is 5.26 Å². The van der Waals surface area contributed by atoms with Gasteiger partial charge in [-0.15, -0.1) is 0 Å². The molecule has 0 unspecified atom stereocenters. The Kier molecular flexibility index (Phi) is 13.8. The second kappa shape index (κ2) is 23.2. The van der Waals surface area contributed by atoms with Gasteiger partial charge in [-0.2, -0.15) is 5.26 Å². The Morgan fingerprint density at radius 3 is 1.09 bits per heavy atom. The summed E-state index contributed by atoms with van der Waals surface area (Å²) in [5.41, 5.74) is 26.4. The van der Waals surface area contributed by atoms with E-state index >= 15 is 0 Å². The highest BCUT2D eigenvalue weighted by molar-refractivity contribution is 5.99. The van der Waals surface area contributed by atoms with Crippen molar-refractivity contribution in [2.24, 2.45) is 0 Å². The Morgan fingerprint density at radius 2 is 0.652 bits per heavy atom. The Morgan fingerprint density at radius 1 is 0.293 bits per heavy atom. The molecule has 1 aliphatic carbocycles. The van der Waals surface area contributed by atoms with Crippen molar-refractivity contribution >= 4 is 56.9 Å². The summed E-state index contributed by atoms with van der Waals surface area (Å²) in [5.74, 6) is 0. The molecule has 0 saturated heterocycles. The second-order valence-corrected chi connectivity index (χ2v) is 23.5. The first-order chi connectivity index (χ1) is 45.5. The first-order valence-electron chi connectivity index (χ1n) is 31.0. The zero-order valence-electron chi connectivity index (χ0n) is 50.1. The summed E-state index contributed by atoms with van der Waals surface area (Å²) >= 11 is 0. The van der Waals surface area contributed by atoms with Gasteiger partial charge in [-0.3, -0.25) is 0 Å². The fourth-order valence-electron chi connectivity index (χ4n) is 14.0. The van der Waals surface area contributed by atoms with Crippen molar-refractivity contribution in [3.8, 4) is 72.8 Å². The van der Waals surface area contributed by atoms with E-state index in [0.29, 0.717) is 11.3 Å². The molecule has 2 aliphatic rings. The van der Waals surface area contributed by atoms with E-state index in [9.17, 15) is 5.26 Å². The van der Waals surface area contributed by atoms with Gasteiger partial charge in [0.05, 0.1) is 35.0 Å². The lowest BCUT2D eigenvalue weighted by molar-refractivity contribution is 0.753. The number of rotatable bonds is 12. The summed E-state index contributed by atoms with van der Waals surface area (Å²) in [6, 6.07) is 126. The number of fused-ring (bicyclic) bond motifs is 9. The molecule has 0 aromatic heterocycles. The number of para-hydroxylation sites is 4. The van der Waals surface area contributed by atoms with Crippen LogP contribution in [0.4, 0.5) is 56.9 Å². The lowest BCUT2D eigenvalue weighted by Gasteiger charge is -2.45. The largest absolute Gasteiger partial charge is 0.311 e. The van der Waals surface area contributed by atoms with E-state index in [1.54, 1.807) is 0 Å². The summed E-state index contributed by atoms with van der Waals surface area (Å²) in [7, 11) is 0. The molecule has 16 rings (SSSR count). The zero-order chi connectivity index (χ0) is 61.5. The molecule has 1 spiro atoms. The minimum absolute atomic E-state index is 0.545. The van der Waals surface area contributed by atoms with Gasteiger partial charge in [-0.05, 0) is 229 Å². The summed E-state index contributed by atoms with van der Waals surface area (Å²) in [4.78, 5) is 11.1. The van der Waals surface area contributed by atoms with E-state index < -0.39 is 5.41 Å². The summed E-state index contributed by atoms with van der Waals surface area (Å²) in [6.45, 7) is 8.56. The molecule has 5 heteroatoms. The van der Waals surface area contributed by atoms with Crippen LogP contribution in [-0.2, 0) is 5.41 Å². The normalized spacial score (nSPS) is 12.2. The quantitative estimate of drug-likeness (QED) is 0.114. The van der Waals surface area contributed by atoms with E-state index in [1.165, 1.54) is 0 Å². The van der Waals surface area contributed by atoms with Crippen molar-refractivity contribution in [3.05, 3.63) is 385 Å². The van der Waals surface area contributed by atoms with Gasteiger partial charge >= 0.3 is 0 Å². The fourth-order valence-corrected chi connectivity index (χ4v) is 14.0. The van der Waals surface area contributed by atoms with Crippen LogP contribution in [0.3, 0.4) is 0 Å². The maximum absolute atomic E-state index is 10.9. The van der Waals surface area contributed by atoms with Gasteiger partial charge < -0.3 is 14.7 Å². The first-order valence-corrected chi connectivity index (χ1v) is 31.0. The lowest BCUT2D eigenvalue weighted by atomic mass is 9.63. The number of anilines is 9. The van der Waals surface area contributed by atoms with Gasteiger partial charge in [-0.1, -0.05) is 206 Å². The molecular weight excluding hydrogens is 1110 g/mol. The SMILES string of the molecule is [C-]#[N+]c1ccc2c(c1)C1(c3cc(C#N)ccc3-2)c2cc(-c3ccc(N(c4ccccc4)c4ccccc4)cc3)ccc2N(c2cccc(-c3cc(-c4ccccc4)cc(-c4ccccc4)c3)c2)c2ccc(-c3ccc(N(c4ccccc4)c4ccccc4)cc3)cc21. The predicted octanol–water partition coefficient (Wildman–Crippen LogP) is 23.5. The van der Waals surface area contributed by atoms with Gasteiger partial charge in [-0.25, -0.2) is 4.85 Å². The standard InChI is InChI=1S/C87H57N5/c1-89-71-42-48-80-79-47-35-60(59-88)51-81(79)87(82(80)58-71)83-56-66(63-36-43-76(44-37-63)90(72-26-12-4-13-27-72)73-28-14-5-15-29-73)40-49-85(83)92(78-34-20-25-65(55-78)70-53-68(61-21-8-2-9-22-61)52-69(54-70)62-23-10-3-11-24-62)86-50-41-67(57-84(86)87)64-38-45-77(46-39-64)91(74-30-16-6-17-31-74)75-32-18-7-19-33-75/h2-58H. The molecule has 5 nitrogen and oxygen atoms in total. The zero-order valence-corrected chi connectivity index (χ0v) is 50.1. The molecule has 0 amide bonds. The van der Waals surface area contributed by atoms with Crippen LogP contribution in [0.1, 0.15) is 27.8 Å². The molecular formula is C87H57N5. The van der Waals surface area contributed by atoms with Crippen LogP contribution < -0.4 is 14.7 Å². The maximum Gasteiger partial charge on any atom is 0.187 e. The van der Waals surface area contributed by atoms with Crippen LogP contribution in [0.25, 0.3) is 71.6 Å². The Hall–Kier alpha value is -12.5. The smallest absolute Gasteiger partial charge is 0.187 e. The minimum Gasteiger partial charge on any atom is -0.311 e. The molecule has 0 N–H and O–H groups in total. The number of nitrogens with zero attached hydrogens (tertiary/aromatic N) is 5. The molecule has 92 heavy (non-hydrogen) atoms. The number of hydrogen-bond donors (Lipinski definition) is 0. The highest BCUT2D eigenvalue weighted by Gasteiger charge is 2.52. The Labute approximate surface area is 537 Å². The highest BCUT2D eigenvalue weighted by Crippen LogP contribution is 2.65. The monoisotopic (exact) mass is 1170 g/mol. The van der Waals surface area contributed by atoms with Crippen molar-refractivity contribution in [1.82, 2.24) is 0 Å². The van der Waals surface area contributed by atoms with Gasteiger partial charge in [0.1, 0.15) is 0 Å². The van der Waals surface area contributed by atoms with E-state index in [-0.39, 0.29) is 0 Å². The van der Waals surface area contributed by atoms with Gasteiger partial charge in [0.25, 0.3) is 0 Å². The van der Waals surface area contributed by atoms with Crippen molar-refractivity contribution < 1.29 is 0 Å². The average molecular weight is 1170 g/mol. The van der Waals surface area contributed by atoms with E-state index in [2.05, 4.69) is 359 Å². The number of nitriles is 1. The lowest BCUT2D eigenvalue weighted by Crippen LogP contribution is -2.36. The molecule has 1 heterocycles. The second-order valence-electron chi connectivity index (χ2n) is 23.5. The van der Waals surface area contributed by atoms with Crippen LogP contribution in [0.15, 0.2) is 346 Å². The van der Waals surface area contributed by atoms with Crippen LogP contribution in [0.2, 0.25) is 0 Å². The minimum atomic E-state index is -1.02. The molecule has 0 fully saturated rings. The first kappa shape index (κ1) is 54.8. The molecule has 14 aromatic carbocycles. The van der Waals surface area contributed by atoms with Crippen LogP contribution in [0.5, 0.6) is 0 Å². The molecule has 0 bridgehead atoms. The third-order valence-corrected chi connectivity index (χ3v) is 18.2. The predicted molar refractivity (Wildman–Crippen MR) is 380 cm³/mol. The molecule has 0 atom stereocenters. The van der Waals surface area contributed by atoms with E-state index in [4.69, 9.17) is 6.57 Å². The molecule has 430 valence electrons. The van der Waals surface area contributed by atoms with Crippen molar-refractivity contribution in [2.75, 3.05) is 14.7 Å². The highest BCUT2D eigenvalue weighted by atomic mass is 15.2. The fraction of sp³-hybridized carbons (Fsp3) is 0.0115. The summed E-state index contributed by atoms with van der Waals surface area (Å²) in [6.07, 6.45) is 0. The average Bonchev–Trinajstić information content (AvgIpc) is 1.43. The molecule has 1 aliphatic heterocycles. The Balaban J connectivity index is 0.931. The van der Waals surface area contributed by atoms with Crippen LogP contribution in [-0.4, -0.2) is 0 Å². The number of hydrogen-bond acceptors (Lipinski definition) is 4. The van der Waals surface area contributed by atoms with E-state index in [0.717, 1.165) is 140 Å². The topological polar surface area (TPSA) is 37.9 Å². The van der Waals surface area contributed by atoms with Crippen LogP contribution in [0, 0.1) is 17.9 Å². The maximum atomic E-state index is 10.9. The third kappa shape index (κ3) is 9.58. The Bertz CT molecular complexity index is 4780. The van der Waals surface area contributed by atoms with Crippen LogP contribution >= 0.6 is 0 Å². The molecule has 0 saturated carbocycles. The molecule has 0 radical (unpaired) electrons. The van der Waals surface area contributed by atoms with E-state index in [1.807, 2.05) is 12.1 Å².